The Balaban J connectivity index is 1.36. The molecule has 1 aliphatic heterocycles. The Morgan fingerprint density at radius 2 is 0.823 bits per heavy atom. The number of halogens is 1. The summed E-state index contributed by atoms with van der Waals surface area (Å²) in [4.78, 5) is 4.84. The van der Waals surface area contributed by atoms with Crippen LogP contribution in [0.25, 0.3) is 33.4 Å². The second kappa shape index (κ2) is 16.0. The molecule has 0 amide bonds. The standard InChI is InChI=1S/C58H55ClN2Si/c1-57(2,3)46-26-18-28-48(38-46)60(49-29-19-27-47(39-49)58(4,5)6)52-34-45(42-24-16-11-17-25-42)35-53(56(52)59)61-50-32-30-43(40-20-12-9-13-21-40)36-54(50)62(7,8)55-37-44(31-33-51(55)61)41-22-14-10-15-23-41/h9-39H,1-8H3. The summed E-state index contributed by atoms with van der Waals surface area (Å²) in [6, 6.07) is 69.0. The lowest BCUT2D eigenvalue weighted by Gasteiger charge is -2.42. The van der Waals surface area contributed by atoms with E-state index in [0.717, 1.165) is 33.9 Å². The van der Waals surface area contributed by atoms with E-state index in [9.17, 15) is 0 Å². The molecular formula is C58H55ClN2Si. The largest absolute Gasteiger partial charge is 0.309 e. The van der Waals surface area contributed by atoms with Gasteiger partial charge in [0.25, 0.3) is 0 Å². The summed E-state index contributed by atoms with van der Waals surface area (Å²) in [5.74, 6) is 0. The predicted octanol–water partition coefficient (Wildman–Crippen LogP) is 16.0. The van der Waals surface area contributed by atoms with Crippen molar-refractivity contribution in [2.75, 3.05) is 9.80 Å². The van der Waals surface area contributed by atoms with Gasteiger partial charge in [0.1, 0.15) is 8.07 Å². The van der Waals surface area contributed by atoms with Gasteiger partial charge in [-0.3, -0.25) is 0 Å². The normalized spacial score (nSPS) is 13.3. The minimum absolute atomic E-state index is 0.0507. The second-order valence-electron chi connectivity index (χ2n) is 19.3. The van der Waals surface area contributed by atoms with E-state index in [2.05, 4.69) is 252 Å². The number of hydrogen-bond donors (Lipinski definition) is 0. The van der Waals surface area contributed by atoms with Gasteiger partial charge in [0.2, 0.25) is 0 Å². The van der Waals surface area contributed by atoms with Crippen LogP contribution in [0.15, 0.2) is 188 Å². The molecule has 0 saturated heterocycles. The Morgan fingerprint density at radius 1 is 0.403 bits per heavy atom. The van der Waals surface area contributed by atoms with Gasteiger partial charge in [0.15, 0.2) is 0 Å². The van der Waals surface area contributed by atoms with Crippen LogP contribution in [0.1, 0.15) is 52.7 Å². The average Bonchev–Trinajstić information content (AvgIpc) is 3.28. The Kier molecular flexibility index (Phi) is 10.6. The summed E-state index contributed by atoms with van der Waals surface area (Å²) >= 11 is 8.14. The molecule has 1 heterocycles. The van der Waals surface area contributed by atoms with Gasteiger partial charge in [-0.15, -0.1) is 0 Å². The Hall–Kier alpha value is -6.13. The fraction of sp³-hybridized carbons (Fsp3) is 0.172. The molecule has 4 heteroatoms. The molecule has 8 aromatic carbocycles. The van der Waals surface area contributed by atoms with Crippen molar-refractivity contribution < 1.29 is 0 Å². The van der Waals surface area contributed by atoms with E-state index in [4.69, 9.17) is 11.6 Å². The first-order valence-corrected chi connectivity index (χ1v) is 25.2. The third-order valence-corrected chi connectivity index (χ3v) is 16.5. The number of nitrogens with zero attached hydrogens (tertiary/aromatic N) is 2. The van der Waals surface area contributed by atoms with Gasteiger partial charge in [-0.25, -0.2) is 0 Å². The van der Waals surface area contributed by atoms with Crippen molar-refractivity contribution in [2.24, 2.45) is 0 Å². The van der Waals surface area contributed by atoms with E-state index in [1.807, 2.05) is 0 Å². The fourth-order valence-corrected chi connectivity index (χ4v) is 12.3. The van der Waals surface area contributed by atoms with Crippen LogP contribution in [0.4, 0.5) is 34.1 Å². The van der Waals surface area contributed by atoms with Crippen LogP contribution < -0.4 is 20.2 Å². The fourth-order valence-electron chi connectivity index (χ4n) is 8.99. The molecule has 0 saturated carbocycles. The summed E-state index contributed by atoms with van der Waals surface area (Å²) in [6.07, 6.45) is 0. The minimum Gasteiger partial charge on any atom is -0.309 e. The number of fused-ring (bicyclic) bond motifs is 2. The maximum Gasteiger partial charge on any atom is 0.117 e. The molecule has 0 aromatic heterocycles. The Morgan fingerprint density at radius 3 is 1.24 bits per heavy atom. The van der Waals surface area contributed by atoms with E-state index >= 15 is 0 Å². The van der Waals surface area contributed by atoms with Crippen LogP contribution >= 0.6 is 11.6 Å². The lowest BCUT2D eigenvalue weighted by Crippen LogP contribution is -2.58. The van der Waals surface area contributed by atoms with E-state index in [1.165, 1.54) is 55.1 Å². The van der Waals surface area contributed by atoms with Gasteiger partial charge in [0.05, 0.1) is 16.4 Å². The first-order valence-electron chi connectivity index (χ1n) is 21.8. The van der Waals surface area contributed by atoms with Crippen LogP contribution in [0.5, 0.6) is 0 Å². The van der Waals surface area contributed by atoms with Crippen LogP contribution in [-0.2, 0) is 10.8 Å². The topological polar surface area (TPSA) is 6.48 Å². The van der Waals surface area contributed by atoms with Gasteiger partial charge in [-0.2, -0.15) is 0 Å². The summed E-state index contributed by atoms with van der Waals surface area (Å²) in [5.41, 5.74) is 15.9. The molecule has 0 aliphatic carbocycles. The van der Waals surface area contributed by atoms with Crippen LogP contribution in [0.2, 0.25) is 18.1 Å². The Bertz CT molecular complexity index is 2760. The van der Waals surface area contributed by atoms with Crippen LogP contribution in [0.3, 0.4) is 0 Å². The van der Waals surface area contributed by atoms with E-state index < -0.39 is 8.07 Å². The number of rotatable bonds is 7. The molecule has 62 heavy (non-hydrogen) atoms. The van der Waals surface area contributed by atoms with Crippen molar-refractivity contribution in [1.29, 1.82) is 0 Å². The molecule has 1 aliphatic rings. The highest BCUT2D eigenvalue weighted by molar-refractivity contribution is 7.02. The lowest BCUT2D eigenvalue weighted by molar-refractivity contribution is 0.590. The maximum atomic E-state index is 8.14. The summed E-state index contributed by atoms with van der Waals surface area (Å²) < 4.78 is 0. The molecule has 308 valence electrons. The van der Waals surface area contributed by atoms with Gasteiger partial charge < -0.3 is 9.80 Å². The van der Waals surface area contributed by atoms with Crippen LogP contribution in [-0.4, -0.2) is 8.07 Å². The molecular weight excluding hydrogens is 788 g/mol. The third-order valence-electron chi connectivity index (χ3n) is 12.6. The average molecular weight is 844 g/mol. The zero-order valence-electron chi connectivity index (χ0n) is 37.2. The van der Waals surface area contributed by atoms with Gasteiger partial charge in [-0.05, 0) is 114 Å². The Labute approximate surface area is 375 Å². The number of benzene rings is 8. The molecule has 8 aromatic rings. The molecule has 0 atom stereocenters. The summed E-state index contributed by atoms with van der Waals surface area (Å²) in [5, 5.41) is 3.45. The van der Waals surface area contributed by atoms with Gasteiger partial charge in [-0.1, -0.05) is 206 Å². The van der Waals surface area contributed by atoms with Crippen molar-refractivity contribution >= 4 is 64.2 Å². The lowest BCUT2D eigenvalue weighted by atomic mass is 9.86. The minimum atomic E-state index is -2.31. The zero-order valence-corrected chi connectivity index (χ0v) is 38.9. The molecule has 0 unspecified atom stereocenters. The van der Waals surface area contributed by atoms with Crippen molar-refractivity contribution in [2.45, 2.75) is 65.5 Å². The smallest absolute Gasteiger partial charge is 0.117 e. The number of anilines is 6. The van der Waals surface area contributed by atoms with Crippen LogP contribution in [0, 0.1) is 0 Å². The van der Waals surface area contributed by atoms with Crippen molar-refractivity contribution in [1.82, 2.24) is 0 Å². The van der Waals surface area contributed by atoms with E-state index in [0.29, 0.717) is 5.02 Å². The first kappa shape index (κ1) is 41.2. The molecule has 0 N–H and O–H groups in total. The van der Waals surface area contributed by atoms with Gasteiger partial charge in [0, 0.05) is 22.7 Å². The first-order chi connectivity index (χ1) is 29.7. The SMILES string of the molecule is CC(C)(C)c1cccc(N(c2cccc(C(C)(C)C)c2)c2cc(-c3ccccc3)cc(N3c4ccc(-c5ccccc5)cc4[Si](C)(C)c4cc(-c5ccccc5)ccc43)c2Cl)c1. The predicted molar refractivity (Wildman–Crippen MR) is 271 cm³/mol. The molecule has 0 fully saturated rings. The second-order valence-corrected chi connectivity index (χ2v) is 24.0. The van der Waals surface area contributed by atoms with Gasteiger partial charge >= 0.3 is 0 Å². The molecule has 0 bridgehead atoms. The van der Waals surface area contributed by atoms with Crippen molar-refractivity contribution in [3.8, 4) is 33.4 Å². The molecule has 0 spiro atoms. The molecule has 2 nitrogen and oxygen atoms in total. The monoisotopic (exact) mass is 842 g/mol. The maximum absolute atomic E-state index is 8.14. The quantitative estimate of drug-likeness (QED) is 0.148. The third kappa shape index (κ3) is 7.70. The van der Waals surface area contributed by atoms with Crippen molar-refractivity contribution in [3.05, 3.63) is 204 Å². The highest BCUT2D eigenvalue weighted by atomic mass is 35.5. The van der Waals surface area contributed by atoms with Crippen molar-refractivity contribution in [3.63, 3.8) is 0 Å². The van der Waals surface area contributed by atoms with E-state index in [-0.39, 0.29) is 10.8 Å². The molecule has 0 radical (unpaired) electrons. The number of hydrogen-bond acceptors (Lipinski definition) is 2. The summed E-state index contributed by atoms with van der Waals surface area (Å²) in [7, 11) is -2.31. The van der Waals surface area contributed by atoms with E-state index in [1.54, 1.807) is 0 Å². The highest BCUT2D eigenvalue weighted by Gasteiger charge is 2.40. The molecule has 9 rings (SSSR count). The summed E-state index contributed by atoms with van der Waals surface area (Å²) in [6.45, 7) is 18.7. The highest BCUT2D eigenvalue weighted by Crippen LogP contribution is 2.51. The zero-order chi connectivity index (χ0) is 43.4.